The quantitative estimate of drug-likeness (QED) is 0.880. The summed E-state index contributed by atoms with van der Waals surface area (Å²) in [5.41, 5.74) is 2.48. The maximum absolute atomic E-state index is 12.3. The molecular weight excluding hydrogens is 314 g/mol. The van der Waals surface area contributed by atoms with Gasteiger partial charge >= 0.3 is 0 Å². The van der Waals surface area contributed by atoms with Crippen molar-refractivity contribution in [2.45, 2.75) is 32.2 Å². The van der Waals surface area contributed by atoms with Crippen LogP contribution < -0.4 is 5.32 Å². The SMILES string of the molecule is Cc1cccc(C(=O)NC2CC(=O)N(CCCc3ccccc3)C2)n1. The lowest BCUT2D eigenvalue weighted by atomic mass is 10.1. The zero-order valence-electron chi connectivity index (χ0n) is 14.4. The summed E-state index contributed by atoms with van der Waals surface area (Å²) in [5.74, 6) is -0.108. The molecule has 5 heteroatoms. The molecule has 1 aromatic carbocycles. The van der Waals surface area contributed by atoms with Gasteiger partial charge < -0.3 is 10.2 Å². The van der Waals surface area contributed by atoms with Crippen LogP contribution in [0.3, 0.4) is 0 Å². The average molecular weight is 337 g/mol. The highest BCUT2D eigenvalue weighted by Crippen LogP contribution is 2.13. The van der Waals surface area contributed by atoms with E-state index in [1.807, 2.05) is 42.2 Å². The molecule has 0 radical (unpaired) electrons. The van der Waals surface area contributed by atoms with Crippen LogP contribution in [0.1, 0.15) is 34.6 Å². The lowest BCUT2D eigenvalue weighted by Gasteiger charge is -2.17. The summed E-state index contributed by atoms with van der Waals surface area (Å²) in [6, 6.07) is 15.5. The van der Waals surface area contributed by atoms with E-state index in [0.29, 0.717) is 18.7 Å². The highest BCUT2D eigenvalue weighted by atomic mass is 16.2. The van der Waals surface area contributed by atoms with Crippen molar-refractivity contribution < 1.29 is 9.59 Å². The zero-order chi connectivity index (χ0) is 17.6. The molecule has 5 nitrogen and oxygen atoms in total. The van der Waals surface area contributed by atoms with Gasteiger partial charge in [0.15, 0.2) is 0 Å². The second kappa shape index (κ2) is 7.92. The predicted molar refractivity (Wildman–Crippen MR) is 96.2 cm³/mol. The second-order valence-electron chi connectivity index (χ2n) is 6.47. The number of nitrogens with zero attached hydrogens (tertiary/aromatic N) is 2. The van der Waals surface area contributed by atoms with Gasteiger partial charge in [0.25, 0.3) is 5.91 Å². The first kappa shape index (κ1) is 17.1. The molecule has 2 heterocycles. The highest BCUT2D eigenvalue weighted by Gasteiger charge is 2.30. The number of benzene rings is 1. The number of pyridine rings is 1. The number of aryl methyl sites for hydroxylation is 2. The van der Waals surface area contributed by atoms with Crippen molar-refractivity contribution >= 4 is 11.8 Å². The Balaban J connectivity index is 1.48. The van der Waals surface area contributed by atoms with Gasteiger partial charge in [-0.2, -0.15) is 0 Å². The molecule has 2 aromatic rings. The van der Waals surface area contributed by atoms with Crippen LogP contribution >= 0.6 is 0 Å². The highest BCUT2D eigenvalue weighted by molar-refractivity contribution is 5.93. The monoisotopic (exact) mass is 337 g/mol. The summed E-state index contributed by atoms with van der Waals surface area (Å²) >= 11 is 0. The van der Waals surface area contributed by atoms with Crippen molar-refractivity contribution in [2.24, 2.45) is 0 Å². The van der Waals surface area contributed by atoms with E-state index in [4.69, 9.17) is 0 Å². The Kier molecular flexibility index (Phi) is 5.43. The van der Waals surface area contributed by atoms with Crippen LogP contribution in [0.5, 0.6) is 0 Å². The van der Waals surface area contributed by atoms with Gasteiger partial charge in [0.05, 0.1) is 6.04 Å². The molecule has 1 fully saturated rings. The summed E-state index contributed by atoms with van der Waals surface area (Å²) in [7, 11) is 0. The number of carbonyl (C=O) groups is 2. The third kappa shape index (κ3) is 4.66. The van der Waals surface area contributed by atoms with E-state index in [9.17, 15) is 9.59 Å². The Hall–Kier alpha value is -2.69. The number of hydrogen-bond donors (Lipinski definition) is 1. The Morgan fingerprint density at radius 2 is 2.00 bits per heavy atom. The fraction of sp³-hybridized carbons (Fsp3) is 0.350. The lowest BCUT2D eigenvalue weighted by molar-refractivity contribution is -0.127. The van der Waals surface area contributed by atoms with Crippen molar-refractivity contribution in [3.63, 3.8) is 0 Å². The molecule has 0 aliphatic carbocycles. The fourth-order valence-electron chi connectivity index (χ4n) is 3.13. The van der Waals surface area contributed by atoms with Gasteiger partial charge in [0, 0.05) is 25.2 Å². The molecule has 1 aliphatic rings. The number of carbonyl (C=O) groups excluding carboxylic acids is 2. The van der Waals surface area contributed by atoms with Crippen LogP contribution in [0.25, 0.3) is 0 Å². The minimum atomic E-state index is -0.215. The molecule has 1 unspecified atom stereocenters. The minimum Gasteiger partial charge on any atom is -0.346 e. The van der Waals surface area contributed by atoms with E-state index in [-0.39, 0.29) is 17.9 Å². The Bertz CT molecular complexity index is 746. The maximum Gasteiger partial charge on any atom is 0.270 e. The molecule has 1 aromatic heterocycles. The van der Waals surface area contributed by atoms with Gasteiger partial charge in [-0.25, -0.2) is 4.98 Å². The van der Waals surface area contributed by atoms with Crippen LogP contribution in [0.15, 0.2) is 48.5 Å². The summed E-state index contributed by atoms with van der Waals surface area (Å²) in [6.45, 7) is 3.15. The lowest BCUT2D eigenvalue weighted by Crippen LogP contribution is -2.37. The van der Waals surface area contributed by atoms with Crippen molar-refractivity contribution in [1.29, 1.82) is 0 Å². The van der Waals surface area contributed by atoms with Gasteiger partial charge in [-0.1, -0.05) is 36.4 Å². The first-order valence-electron chi connectivity index (χ1n) is 8.68. The van der Waals surface area contributed by atoms with E-state index in [1.54, 1.807) is 6.07 Å². The van der Waals surface area contributed by atoms with E-state index < -0.39 is 0 Å². The van der Waals surface area contributed by atoms with Crippen LogP contribution in [0.2, 0.25) is 0 Å². The van der Waals surface area contributed by atoms with Gasteiger partial charge in [-0.05, 0) is 37.5 Å². The molecule has 1 N–H and O–H groups in total. The standard InChI is InChI=1S/C20H23N3O2/c1-15-7-5-11-18(21-15)20(25)22-17-13-19(24)23(14-17)12-6-10-16-8-3-2-4-9-16/h2-5,7-9,11,17H,6,10,12-14H2,1H3,(H,22,25). The first-order chi connectivity index (χ1) is 12.1. The number of nitrogens with one attached hydrogen (secondary N) is 1. The Morgan fingerprint density at radius 1 is 1.20 bits per heavy atom. The smallest absolute Gasteiger partial charge is 0.270 e. The summed E-state index contributed by atoms with van der Waals surface area (Å²) in [6.07, 6.45) is 2.24. The molecule has 130 valence electrons. The number of aromatic nitrogens is 1. The molecule has 25 heavy (non-hydrogen) atoms. The van der Waals surface area contributed by atoms with E-state index in [2.05, 4.69) is 22.4 Å². The van der Waals surface area contributed by atoms with E-state index >= 15 is 0 Å². The fourth-order valence-corrected chi connectivity index (χ4v) is 3.13. The number of rotatable bonds is 6. The molecule has 0 saturated carbocycles. The molecule has 1 aliphatic heterocycles. The van der Waals surface area contributed by atoms with Crippen molar-refractivity contribution in [3.05, 3.63) is 65.5 Å². The van der Waals surface area contributed by atoms with Crippen LogP contribution in [-0.2, 0) is 11.2 Å². The van der Waals surface area contributed by atoms with Crippen molar-refractivity contribution in [3.8, 4) is 0 Å². The average Bonchev–Trinajstić information content (AvgIpc) is 2.95. The molecule has 2 amide bonds. The predicted octanol–water partition coefficient (Wildman–Crippen LogP) is 2.35. The van der Waals surface area contributed by atoms with E-state index in [1.165, 1.54) is 5.56 Å². The molecule has 1 saturated heterocycles. The van der Waals surface area contributed by atoms with Gasteiger partial charge in [-0.3, -0.25) is 9.59 Å². The Morgan fingerprint density at radius 3 is 2.76 bits per heavy atom. The zero-order valence-corrected chi connectivity index (χ0v) is 14.4. The molecule has 0 spiro atoms. The summed E-state index contributed by atoms with van der Waals surface area (Å²) in [5, 5.41) is 2.93. The minimum absolute atomic E-state index is 0.107. The van der Waals surface area contributed by atoms with Crippen molar-refractivity contribution in [2.75, 3.05) is 13.1 Å². The Labute approximate surface area is 148 Å². The third-order valence-corrected chi connectivity index (χ3v) is 4.41. The number of amides is 2. The third-order valence-electron chi connectivity index (χ3n) is 4.41. The largest absolute Gasteiger partial charge is 0.346 e. The van der Waals surface area contributed by atoms with Gasteiger partial charge in [0.1, 0.15) is 5.69 Å². The van der Waals surface area contributed by atoms with Crippen LogP contribution in [-0.4, -0.2) is 40.8 Å². The molecule has 3 rings (SSSR count). The summed E-state index contributed by atoms with van der Waals surface area (Å²) < 4.78 is 0. The molecular formula is C20H23N3O2. The first-order valence-corrected chi connectivity index (χ1v) is 8.68. The number of likely N-dealkylation sites (tertiary alicyclic amines) is 1. The topological polar surface area (TPSA) is 62.3 Å². The second-order valence-corrected chi connectivity index (χ2v) is 6.47. The summed E-state index contributed by atoms with van der Waals surface area (Å²) in [4.78, 5) is 30.5. The number of hydrogen-bond acceptors (Lipinski definition) is 3. The normalized spacial score (nSPS) is 16.9. The maximum atomic E-state index is 12.3. The van der Waals surface area contributed by atoms with E-state index in [0.717, 1.165) is 25.1 Å². The molecule has 1 atom stereocenters. The van der Waals surface area contributed by atoms with Gasteiger partial charge in [-0.15, -0.1) is 0 Å². The van der Waals surface area contributed by atoms with Crippen LogP contribution in [0, 0.1) is 6.92 Å². The van der Waals surface area contributed by atoms with Gasteiger partial charge in [0.2, 0.25) is 5.91 Å². The van der Waals surface area contributed by atoms with Crippen LogP contribution in [0.4, 0.5) is 0 Å². The van der Waals surface area contributed by atoms with Crippen molar-refractivity contribution in [1.82, 2.24) is 15.2 Å². The molecule has 0 bridgehead atoms.